The molecule has 4 heteroatoms. The van der Waals surface area contributed by atoms with Crippen molar-refractivity contribution in [3.63, 3.8) is 0 Å². The summed E-state index contributed by atoms with van der Waals surface area (Å²) in [6, 6.07) is 18.2. The molecule has 0 bridgehead atoms. The lowest BCUT2D eigenvalue weighted by Gasteiger charge is -2.10. The standard InChI is InChI=1S/C18H14O4/c19-17-9-8-14(10-16(17)18(20)21)22-11-13-6-3-5-12-4-1-2-7-15(12)13/h1-10,19H,11H2,(H,20,21). The normalized spacial score (nSPS) is 10.5. The lowest BCUT2D eigenvalue weighted by atomic mass is 10.1. The molecule has 0 aliphatic rings. The Kier molecular flexibility index (Phi) is 3.66. The molecule has 0 aliphatic heterocycles. The van der Waals surface area contributed by atoms with Crippen molar-refractivity contribution in [2.24, 2.45) is 0 Å². The van der Waals surface area contributed by atoms with Crippen LogP contribution in [0.1, 0.15) is 15.9 Å². The zero-order valence-electron chi connectivity index (χ0n) is 11.7. The van der Waals surface area contributed by atoms with Gasteiger partial charge in [-0.05, 0) is 34.5 Å². The van der Waals surface area contributed by atoms with Crippen molar-refractivity contribution in [3.8, 4) is 11.5 Å². The molecule has 0 aliphatic carbocycles. The summed E-state index contributed by atoms with van der Waals surface area (Å²) in [7, 11) is 0. The van der Waals surface area contributed by atoms with Gasteiger partial charge in [0.25, 0.3) is 0 Å². The SMILES string of the molecule is O=C(O)c1cc(OCc2cccc3ccccc23)ccc1O. The summed E-state index contributed by atoms with van der Waals surface area (Å²) in [6.07, 6.45) is 0. The van der Waals surface area contributed by atoms with E-state index in [0.29, 0.717) is 12.4 Å². The molecule has 110 valence electrons. The molecule has 3 aromatic carbocycles. The number of rotatable bonds is 4. The van der Waals surface area contributed by atoms with Crippen molar-refractivity contribution in [2.75, 3.05) is 0 Å². The van der Waals surface area contributed by atoms with E-state index in [2.05, 4.69) is 0 Å². The molecule has 0 unspecified atom stereocenters. The Labute approximate surface area is 127 Å². The fraction of sp³-hybridized carbons (Fsp3) is 0.0556. The van der Waals surface area contributed by atoms with Crippen LogP contribution < -0.4 is 4.74 Å². The average Bonchev–Trinajstić information content (AvgIpc) is 2.53. The molecule has 0 amide bonds. The number of carbonyl (C=O) groups is 1. The van der Waals surface area contributed by atoms with Crippen LogP contribution in [0.4, 0.5) is 0 Å². The largest absolute Gasteiger partial charge is 0.507 e. The lowest BCUT2D eigenvalue weighted by molar-refractivity contribution is 0.0693. The Hall–Kier alpha value is -3.01. The van der Waals surface area contributed by atoms with E-state index in [-0.39, 0.29) is 11.3 Å². The number of aromatic hydroxyl groups is 1. The number of fused-ring (bicyclic) bond motifs is 1. The molecule has 0 spiro atoms. The van der Waals surface area contributed by atoms with Crippen LogP contribution in [0.2, 0.25) is 0 Å². The predicted octanol–water partition coefficient (Wildman–Crippen LogP) is 3.82. The van der Waals surface area contributed by atoms with Crippen molar-refractivity contribution in [1.29, 1.82) is 0 Å². The molecule has 0 fully saturated rings. The van der Waals surface area contributed by atoms with Crippen LogP contribution in [0.5, 0.6) is 11.5 Å². The average molecular weight is 294 g/mol. The van der Waals surface area contributed by atoms with Gasteiger partial charge in [0.05, 0.1) is 0 Å². The minimum Gasteiger partial charge on any atom is -0.507 e. The Morgan fingerprint density at radius 3 is 2.59 bits per heavy atom. The van der Waals surface area contributed by atoms with E-state index in [1.54, 1.807) is 6.07 Å². The molecule has 0 heterocycles. The summed E-state index contributed by atoms with van der Waals surface area (Å²) in [6.45, 7) is 0.325. The number of ether oxygens (including phenoxy) is 1. The molecule has 2 N–H and O–H groups in total. The van der Waals surface area contributed by atoms with Gasteiger partial charge in [0.2, 0.25) is 0 Å². The highest BCUT2D eigenvalue weighted by atomic mass is 16.5. The van der Waals surface area contributed by atoms with Crippen molar-refractivity contribution < 1.29 is 19.7 Å². The van der Waals surface area contributed by atoms with Crippen LogP contribution in [0.3, 0.4) is 0 Å². The highest BCUT2D eigenvalue weighted by molar-refractivity contribution is 5.91. The summed E-state index contributed by atoms with van der Waals surface area (Å²) < 4.78 is 5.67. The molecular formula is C18H14O4. The molecule has 0 aromatic heterocycles. The third kappa shape index (κ3) is 2.72. The minimum absolute atomic E-state index is 0.171. The zero-order valence-corrected chi connectivity index (χ0v) is 11.7. The molecular weight excluding hydrogens is 280 g/mol. The minimum atomic E-state index is -1.19. The van der Waals surface area contributed by atoms with E-state index in [4.69, 9.17) is 9.84 Å². The Bertz CT molecular complexity index is 834. The molecule has 0 atom stereocenters. The van der Waals surface area contributed by atoms with Crippen molar-refractivity contribution in [2.45, 2.75) is 6.61 Å². The molecule has 3 rings (SSSR count). The Balaban J connectivity index is 1.85. The first-order valence-electron chi connectivity index (χ1n) is 6.81. The van der Waals surface area contributed by atoms with Gasteiger partial charge >= 0.3 is 5.97 Å². The number of hydrogen-bond acceptors (Lipinski definition) is 3. The molecule has 0 saturated carbocycles. The van der Waals surface area contributed by atoms with Gasteiger partial charge in [0, 0.05) is 0 Å². The summed E-state index contributed by atoms with van der Waals surface area (Å²) in [5, 5.41) is 20.7. The molecule has 3 aromatic rings. The van der Waals surface area contributed by atoms with Gasteiger partial charge in [-0.1, -0.05) is 42.5 Å². The van der Waals surface area contributed by atoms with E-state index in [0.717, 1.165) is 16.3 Å². The maximum Gasteiger partial charge on any atom is 0.339 e. The van der Waals surface area contributed by atoms with Gasteiger partial charge in [-0.3, -0.25) is 0 Å². The molecule has 0 radical (unpaired) electrons. The predicted molar refractivity (Wildman–Crippen MR) is 83.3 cm³/mol. The van der Waals surface area contributed by atoms with E-state index >= 15 is 0 Å². The second-order valence-electron chi connectivity index (χ2n) is 4.91. The van der Waals surface area contributed by atoms with E-state index in [1.807, 2.05) is 42.5 Å². The van der Waals surface area contributed by atoms with Gasteiger partial charge in [-0.15, -0.1) is 0 Å². The summed E-state index contributed by atoms with van der Waals surface area (Å²) >= 11 is 0. The number of hydrogen-bond donors (Lipinski definition) is 2. The summed E-state index contributed by atoms with van der Waals surface area (Å²) in [4.78, 5) is 11.0. The molecule has 22 heavy (non-hydrogen) atoms. The monoisotopic (exact) mass is 294 g/mol. The van der Waals surface area contributed by atoms with E-state index in [9.17, 15) is 9.90 Å². The van der Waals surface area contributed by atoms with Crippen LogP contribution in [0.25, 0.3) is 10.8 Å². The maximum atomic E-state index is 11.0. The number of phenols is 1. The third-order valence-corrected chi connectivity index (χ3v) is 3.47. The van der Waals surface area contributed by atoms with Crippen LogP contribution in [0.15, 0.2) is 60.7 Å². The van der Waals surface area contributed by atoms with Crippen LogP contribution in [-0.2, 0) is 6.61 Å². The highest BCUT2D eigenvalue weighted by Crippen LogP contribution is 2.25. The number of carboxylic acids is 1. The van der Waals surface area contributed by atoms with Gasteiger partial charge in [0.15, 0.2) is 0 Å². The lowest BCUT2D eigenvalue weighted by Crippen LogP contribution is -2.00. The second-order valence-corrected chi connectivity index (χ2v) is 4.91. The number of carboxylic acid groups (broad SMARTS) is 1. The van der Waals surface area contributed by atoms with Crippen molar-refractivity contribution >= 4 is 16.7 Å². The fourth-order valence-corrected chi connectivity index (χ4v) is 2.36. The Morgan fingerprint density at radius 1 is 1.00 bits per heavy atom. The maximum absolute atomic E-state index is 11.0. The molecule has 4 nitrogen and oxygen atoms in total. The second kappa shape index (κ2) is 5.77. The van der Waals surface area contributed by atoms with Crippen molar-refractivity contribution in [1.82, 2.24) is 0 Å². The third-order valence-electron chi connectivity index (χ3n) is 3.47. The highest BCUT2D eigenvalue weighted by Gasteiger charge is 2.11. The Morgan fingerprint density at radius 2 is 1.77 bits per heavy atom. The quantitative estimate of drug-likeness (QED) is 0.767. The van der Waals surface area contributed by atoms with Gasteiger partial charge in [0.1, 0.15) is 23.7 Å². The number of aromatic carboxylic acids is 1. The van der Waals surface area contributed by atoms with E-state index < -0.39 is 5.97 Å². The first kappa shape index (κ1) is 13.9. The summed E-state index contributed by atoms with van der Waals surface area (Å²) in [5.74, 6) is -1.05. The first-order valence-corrected chi connectivity index (χ1v) is 6.81. The topological polar surface area (TPSA) is 66.8 Å². The molecule has 0 saturated heterocycles. The van der Waals surface area contributed by atoms with Crippen LogP contribution in [0, 0.1) is 0 Å². The van der Waals surface area contributed by atoms with Gasteiger partial charge in [-0.25, -0.2) is 4.79 Å². The van der Waals surface area contributed by atoms with E-state index in [1.165, 1.54) is 12.1 Å². The smallest absolute Gasteiger partial charge is 0.339 e. The summed E-state index contributed by atoms with van der Waals surface area (Å²) in [5.41, 5.74) is 0.846. The van der Waals surface area contributed by atoms with Gasteiger partial charge in [-0.2, -0.15) is 0 Å². The fourth-order valence-electron chi connectivity index (χ4n) is 2.36. The first-order chi connectivity index (χ1) is 10.6. The van der Waals surface area contributed by atoms with Gasteiger partial charge < -0.3 is 14.9 Å². The number of benzene rings is 3. The van der Waals surface area contributed by atoms with Crippen molar-refractivity contribution in [3.05, 3.63) is 71.8 Å². The van der Waals surface area contributed by atoms with Crippen LogP contribution >= 0.6 is 0 Å². The van der Waals surface area contributed by atoms with Crippen LogP contribution in [-0.4, -0.2) is 16.2 Å². The zero-order chi connectivity index (χ0) is 15.5.